The van der Waals surface area contributed by atoms with E-state index in [1.54, 1.807) is 7.11 Å². The highest BCUT2D eigenvalue weighted by Gasteiger charge is 2.57. The van der Waals surface area contributed by atoms with Crippen molar-refractivity contribution >= 4 is 29.9 Å². The van der Waals surface area contributed by atoms with Crippen molar-refractivity contribution < 1.29 is 23.0 Å². The van der Waals surface area contributed by atoms with Crippen LogP contribution in [0.25, 0.3) is 0 Å². The number of hydrogen-bond donors (Lipinski definition) is 2. The third-order valence-corrected chi connectivity index (χ3v) is 4.72. The summed E-state index contributed by atoms with van der Waals surface area (Å²) in [6.07, 6.45) is -1.90. The largest absolute Gasteiger partial charge is 0.424 e. The number of aromatic nitrogens is 2. The number of nitrogens with one attached hydrogen (secondary N) is 1. The van der Waals surface area contributed by atoms with E-state index >= 15 is 0 Å². The smallest absolute Gasteiger partial charge is 0.384 e. The number of aliphatic imine (C=N–C) groups is 1. The van der Waals surface area contributed by atoms with Crippen molar-refractivity contribution in [2.75, 3.05) is 39.9 Å². The average molecular weight is 519 g/mol. The fourth-order valence-corrected chi connectivity index (χ4v) is 3.29. The van der Waals surface area contributed by atoms with E-state index < -0.39 is 24.0 Å². The highest BCUT2D eigenvalue weighted by Crippen LogP contribution is 2.40. The van der Waals surface area contributed by atoms with E-state index in [0.717, 1.165) is 19.5 Å². The first-order valence-corrected chi connectivity index (χ1v) is 9.02. The van der Waals surface area contributed by atoms with Gasteiger partial charge in [0.05, 0.1) is 6.61 Å². The molecule has 2 heterocycles. The molecule has 2 atom stereocenters. The van der Waals surface area contributed by atoms with Gasteiger partial charge >= 0.3 is 6.18 Å². The molecule has 0 spiro atoms. The summed E-state index contributed by atoms with van der Waals surface area (Å²) >= 11 is 0. The molecule has 7 nitrogen and oxygen atoms in total. The molecule has 0 aliphatic carbocycles. The number of likely N-dealkylation sites (tertiary alicyclic amines) is 1. The van der Waals surface area contributed by atoms with Crippen LogP contribution in [0, 0.1) is 5.92 Å². The van der Waals surface area contributed by atoms with Crippen molar-refractivity contribution in [3.63, 3.8) is 0 Å². The van der Waals surface area contributed by atoms with Gasteiger partial charge in [-0.25, -0.2) is 4.98 Å². The summed E-state index contributed by atoms with van der Waals surface area (Å²) in [7, 11) is 3.07. The zero-order valence-corrected chi connectivity index (χ0v) is 18.7. The van der Waals surface area contributed by atoms with Crippen LogP contribution in [0.1, 0.15) is 25.6 Å². The first-order chi connectivity index (χ1) is 12.7. The van der Waals surface area contributed by atoms with Gasteiger partial charge in [-0.1, -0.05) is 0 Å². The molecule has 2 N–H and O–H groups in total. The topological polar surface area (TPSA) is 74.9 Å². The second-order valence-corrected chi connectivity index (χ2v) is 6.76. The lowest BCUT2D eigenvalue weighted by molar-refractivity contribution is -0.272. The first-order valence-electron chi connectivity index (χ1n) is 9.02. The van der Waals surface area contributed by atoms with E-state index in [0.29, 0.717) is 25.0 Å². The van der Waals surface area contributed by atoms with Gasteiger partial charge in [0.2, 0.25) is 5.60 Å². The van der Waals surface area contributed by atoms with Crippen LogP contribution in [0.3, 0.4) is 0 Å². The standard InChI is InChI=1S/C17H28F3N5O2.HI/c1-4-21-15(25-9-5-13(11-25)12-27-3)23-7-6-16(26,17(18,19)20)14-22-8-10-24(14)2;/h8,10,13,26H,4-7,9,11-12H2,1-3H3,(H,21,23);1H. The Hall–Kier alpha value is -1.08. The molecular formula is C17H29F3IN5O2. The highest BCUT2D eigenvalue weighted by molar-refractivity contribution is 14.0. The van der Waals surface area contributed by atoms with E-state index in [1.807, 2.05) is 11.8 Å². The second kappa shape index (κ2) is 10.6. The van der Waals surface area contributed by atoms with Gasteiger partial charge in [-0.15, -0.1) is 24.0 Å². The molecule has 2 rings (SSSR count). The Balaban J connectivity index is 0.00000392. The molecule has 1 aliphatic heterocycles. The van der Waals surface area contributed by atoms with Crippen LogP contribution in [-0.2, 0) is 17.4 Å². The molecule has 1 aliphatic rings. The van der Waals surface area contributed by atoms with Gasteiger partial charge in [-0.05, 0) is 13.3 Å². The Morgan fingerprint density at radius 3 is 2.71 bits per heavy atom. The number of nitrogens with zero attached hydrogens (tertiary/aromatic N) is 4. The van der Waals surface area contributed by atoms with Crippen LogP contribution in [0.2, 0.25) is 0 Å². The molecule has 2 unspecified atom stereocenters. The first kappa shape index (κ1) is 25.0. The van der Waals surface area contributed by atoms with Gasteiger partial charge in [0.15, 0.2) is 5.96 Å². The van der Waals surface area contributed by atoms with Gasteiger partial charge < -0.3 is 24.6 Å². The molecule has 0 bridgehead atoms. The number of ether oxygens (including phenoxy) is 1. The zero-order valence-electron chi connectivity index (χ0n) is 16.4. The summed E-state index contributed by atoms with van der Waals surface area (Å²) in [5.41, 5.74) is -3.05. The van der Waals surface area contributed by atoms with E-state index in [4.69, 9.17) is 4.74 Å². The maximum Gasteiger partial charge on any atom is 0.424 e. The lowest BCUT2D eigenvalue weighted by Gasteiger charge is -2.29. The predicted molar refractivity (Wildman–Crippen MR) is 111 cm³/mol. The normalized spacial score (nSPS) is 20.0. The Morgan fingerprint density at radius 2 is 2.18 bits per heavy atom. The Labute approximate surface area is 180 Å². The number of rotatable bonds is 7. The molecule has 0 aromatic carbocycles. The molecule has 1 aromatic rings. The molecule has 0 amide bonds. The zero-order chi connectivity index (χ0) is 20.1. The molecule has 1 saturated heterocycles. The maximum atomic E-state index is 13.6. The van der Waals surface area contributed by atoms with Gasteiger partial charge in [-0.3, -0.25) is 4.99 Å². The van der Waals surface area contributed by atoms with E-state index in [1.165, 1.54) is 24.0 Å². The number of aryl methyl sites for hydroxylation is 1. The molecule has 0 saturated carbocycles. The number of hydrogen-bond acceptors (Lipinski definition) is 4. The summed E-state index contributed by atoms with van der Waals surface area (Å²) in [6.45, 7) is 4.47. The summed E-state index contributed by atoms with van der Waals surface area (Å²) in [6, 6.07) is 0. The van der Waals surface area contributed by atoms with E-state index in [9.17, 15) is 18.3 Å². The summed E-state index contributed by atoms with van der Waals surface area (Å²) in [5.74, 6) is 0.496. The monoisotopic (exact) mass is 519 g/mol. The second-order valence-electron chi connectivity index (χ2n) is 6.76. The Bertz CT molecular complexity index is 641. The van der Waals surface area contributed by atoms with Crippen molar-refractivity contribution in [2.45, 2.75) is 31.5 Å². The number of alkyl halides is 3. The van der Waals surface area contributed by atoms with Crippen LogP contribution in [0.15, 0.2) is 17.4 Å². The van der Waals surface area contributed by atoms with Gasteiger partial charge in [-0.2, -0.15) is 13.2 Å². The van der Waals surface area contributed by atoms with Gasteiger partial charge in [0.1, 0.15) is 5.82 Å². The van der Waals surface area contributed by atoms with Crippen molar-refractivity contribution in [2.24, 2.45) is 18.0 Å². The molecular weight excluding hydrogens is 490 g/mol. The van der Waals surface area contributed by atoms with Crippen LogP contribution < -0.4 is 5.32 Å². The van der Waals surface area contributed by atoms with E-state index in [2.05, 4.69) is 15.3 Å². The minimum atomic E-state index is -4.85. The lowest BCUT2D eigenvalue weighted by atomic mass is 9.98. The van der Waals surface area contributed by atoms with Crippen molar-refractivity contribution in [3.8, 4) is 0 Å². The van der Waals surface area contributed by atoms with Crippen molar-refractivity contribution in [3.05, 3.63) is 18.2 Å². The van der Waals surface area contributed by atoms with Gasteiger partial charge in [0, 0.05) is 65.1 Å². The minimum absolute atomic E-state index is 0. The summed E-state index contributed by atoms with van der Waals surface area (Å²) in [4.78, 5) is 10.0. The molecule has 1 aromatic heterocycles. The van der Waals surface area contributed by atoms with Crippen LogP contribution >= 0.6 is 24.0 Å². The van der Waals surface area contributed by atoms with Gasteiger partial charge in [0.25, 0.3) is 0 Å². The maximum absolute atomic E-state index is 13.6. The minimum Gasteiger partial charge on any atom is -0.384 e. The molecule has 1 fully saturated rings. The predicted octanol–water partition coefficient (Wildman–Crippen LogP) is 2.11. The summed E-state index contributed by atoms with van der Waals surface area (Å²) in [5, 5.41) is 13.5. The van der Waals surface area contributed by atoms with Crippen LogP contribution in [-0.4, -0.2) is 71.6 Å². The lowest BCUT2D eigenvalue weighted by Crippen LogP contribution is -2.45. The van der Waals surface area contributed by atoms with Crippen LogP contribution in [0.5, 0.6) is 0 Å². The number of methoxy groups -OCH3 is 1. The van der Waals surface area contributed by atoms with Crippen LogP contribution in [0.4, 0.5) is 13.2 Å². The summed E-state index contributed by atoms with van der Waals surface area (Å²) < 4.78 is 47.1. The Morgan fingerprint density at radius 1 is 1.46 bits per heavy atom. The third-order valence-electron chi connectivity index (χ3n) is 4.72. The van der Waals surface area contributed by atoms with Crippen molar-refractivity contribution in [1.29, 1.82) is 0 Å². The van der Waals surface area contributed by atoms with E-state index in [-0.39, 0.29) is 30.5 Å². The fraction of sp³-hybridized carbons (Fsp3) is 0.765. The fourth-order valence-electron chi connectivity index (χ4n) is 3.29. The SMILES string of the molecule is CCNC(=NCCC(O)(c1nccn1C)C(F)(F)F)N1CCC(COC)C1.I. The number of halogens is 4. The molecule has 28 heavy (non-hydrogen) atoms. The number of guanidine groups is 1. The third kappa shape index (κ3) is 5.72. The average Bonchev–Trinajstić information content (AvgIpc) is 3.22. The molecule has 162 valence electrons. The highest BCUT2D eigenvalue weighted by atomic mass is 127. The quantitative estimate of drug-likeness (QED) is 0.328. The molecule has 0 radical (unpaired) electrons. The number of imidazole rings is 1. The molecule has 11 heteroatoms. The van der Waals surface area contributed by atoms with Crippen molar-refractivity contribution in [1.82, 2.24) is 19.8 Å². The number of aliphatic hydroxyl groups is 1. The Kier molecular flexibility index (Phi) is 9.47.